The number of benzene rings is 1. The number of amides is 1. The van der Waals surface area contributed by atoms with E-state index in [1.54, 1.807) is 0 Å². The van der Waals surface area contributed by atoms with E-state index in [2.05, 4.69) is 24.5 Å². The van der Waals surface area contributed by atoms with Crippen molar-refractivity contribution in [3.05, 3.63) is 29.8 Å². The van der Waals surface area contributed by atoms with Gasteiger partial charge >= 0.3 is 0 Å². The number of rotatable bonds is 4. The van der Waals surface area contributed by atoms with E-state index in [-0.39, 0.29) is 24.2 Å². The van der Waals surface area contributed by atoms with Crippen LogP contribution in [0.1, 0.15) is 50.9 Å². The van der Waals surface area contributed by atoms with E-state index >= 15 is 0 Å². The maximum absolute atomic E-state index is 12.0. The first-order valence-electron chi connectivity index (χ1n) is 7.77. The summed E-state index contributed by atoms with van der Waals surface area (Å²) in [6.07, 6.45) is 2.54. The van der Waals surface area contributed by atoms with Crippen LogP contribution in [0.2, 0.25) is 0 Å². The number of anilines is 1. The molecule has 1 aromatic carbocycles. The van der Waals surface area contributed by atoms with Gasteiger partial charge in [-0.1, -0.05) is 6.07 Å². The van der Waals surface area contributed by atoms with Crippen LogP contribution in [0.3, 0.4) is 0 Å². The van der Waals surface area contributed by atoms with Gasteiger partial charge in [-0.15, -0.1) is 0 Å². The van der Waals surface area contributed by atoms with Gasteiger partial charge in [-0.2, -0.15) is 0 Å². The fourth-order valence-electron chi connectivity index (χ4n) is 2.85. The minimum Gasteiger partial charge on any atom is -0.382 e. The van der Waals surface area contributed by atoms with Crippen molar-refractivity contribution in [1.82, 2.24) is 5.32 Å². The van der Waals surface area contributed by atoms with Crippen LogP contribution in [0.4, 0.5) is 5.69 Å². The van der Waals surface area contributed by atoms with Crippen molar-refractivity contribution < 1.29 is 9.53 Å². The highest BCUT2D eigenvalue weighted by Crippen LogP contribution is 2.23. The van der Waals surface area contributed by atoms with Gasteiger partial charge in [0.25, 0.3) is 5.91 Å². The number of carbonyl (C=O) groups excluding carboxylic acids is 1. The number of carbonyl (C=O) groups is 1. The zero-order chi connectivity index (χ0) is 15.4. The second-order valence-corrected chi connectivity index (χ2v) is 6.28. The Morgan fingerprint density at radius 1 is 1.24 bits per heavy atom. The smallest absolute Gasteiger partial charge is 0.251 e. The molecule has 1 aliphatic rings. The van der Waals surface area contributed by atoms with Crippen molar-refractivity contribution in [2.45, 2.75) is 64.8 Å². The minimum atomic E-state index is -0.0256. The first kappa shape index (κ1) is 15.8. The van der Waals surface area contributed by atoms with Crippen molar-refractivity contribution in [2.24, 2.45) is 0 Å². The van der Waals surface area contributed by atoms with Crippen LogP contribution in [0, 0.1) is 0 Å². The Labute approximate surface area is 127 Å². The topological polar surface area (TPSA) is 50.4 Å². The molecule has 0 aromatic heterocycles. The predicted octanol–water partition coefficient (Wildman–Crippen LogP) is 3.19. The Hall–Kier alpha value is -1.55. The van der Waals surface area contributed by atoms with Crippen molar-refractivity contribution in [3.8, 4) is 0 Å². The maximum Gasteiger partial charge on any atom is 0.251 e. The van der Waals surface area contributed by atoms with Gasteiger partial charge in [0.2, 0.25) is 0 Å². The van der Waals surface area contributed by atoms with E-state index in [0.29, 0.717) is 11.6 Å². The molecular weight excluding hydrogens is 264 g/mol. The van der Waals surface area contributed by atoms with Crippen molar-refractivity contribution in [3.63, 3.8) is 0 Å². The lowest BCUT2D eigenvalue weighted by atomic mass is 9.99. The largest absolute Gasteiger partial charge is 0.382 e. The summed E-state index contributed by atoms with van der Waals surface area (Å²) < 4.78 is 5.76. The SMILES string of the molecule is CC(C)NC(=O)c1cccc(NC2CC(C)OC(C)C2)c1. The second-order valence-electron chi connectivity index (χ2n) is 6.28. The Balaban J connectivity index is 2.02. The molecule has 1 saturated heterocycles. The van der Waals surface area contributed by atoms with Crippen LogP contribution >= 0.6 is 0 Å². The van der Waals surface area contributed by atoms with Gasteiger partial charge in [-0.25, -0.2) is 0 Å². The average Bonchev–Trinajstić information content (AvgIpc) is 2.37. The lowest BCUT2D eigenvalue weighted by Gasteiger charge is -2.33. The molecule has 0 spiro atoms. The van der Waals surface area contributed by atoms with Gasteiger partial charge in [0.1, 0.15) is 0 Å². The molecule has 1 fully saturated rings. The van der Waals surface area contributed by atoms with E-state index in [1.807, 2.05) is 38.1 Å². The summed E-state index contributed by atoms with van der Waals surface area (Å²) in [6, 6.07) is 8.24. The molecule has 21 heavy (non-hydrogen) atoms. The van der Waals surface area contributed by atoms with Crippen LogP contribution in [-0.2, 0) is 4.74 Å². The number of nitrogens with one attached hydrogen (secondary N) is 2. The highest BCUT2D eigenvalue weighted by molar-refractivity contribution is 5.95. The molecule has 0 bridgehead atoms. The van der Waals surface area contributed by atoms with Gasteiger partial charge in [0, 0.05) is 23.3 Å². The molecule has 1 aliphatic heterocycles. The number of hydrogen-bond donors (Lipinski definition) is 2. The third kappa shape index (κ3) is 4.74. The Bertz CT molecular complexity index is 477. The molecule has 4 heteroatoms. The third-order valence-corrected chi connectivity index (χ3v) is 3.61. The molecule has 1 aromatic rings. The van der Waals surface area contributed by atoms with E-state index in [4.69, 9.17) is 4.74 Å². The standard InChI is InChI=1S/C17H26N2O2/c1-11(2)18-17(20)14-6-5-7-15(10-14)19-16-8-12(3)21-13(4)9-16/h5-7,10-13,16,19H,8-9H2,1-4H3,(H,18,20). The van der Waals surface area contributed by atoms with Gasteiger partial charge in [-0.3, -0.25) is 4.79 Å². The van der Waals surface area contributed by atoms with Gasteiger partial charge in [-0.05, 0) is 58.7 Å². The van der Waals surface area contributed by atoms with Crippen LogP contribution in [0.25, 0.3) is 0 Å². The molecule has 1 amide bonds. The molecule has 2 rings (SSSR count). The zero-order valence-corrected chi connectivity index (χ0v) is 13.3. The van der Waals surface area contributed by atoms with E-state index in [0.717, 1.165) is 18.5 Å². The summed E-state index contributed by atoms with van der Waals surface area (Å²) >= 11 is 0. The summed E-state index contributed by atoms with van der Waals surface area (Å²) in [6.45, 7) is 8.14. The van der Waals surface area contributed by atoms with Crippen molar-refractivity contribution >= 4 is 11.6 Å². The summed E-state index contributed by atoms with van der Waals surface area (Å²) in [5.41, 5.74) is 1.69. The molecule has 2 N–H and O–H groups in total. The van der Waals surface area contributed by atoms with Gasteiger partial charge in [0.05, 0.1) is 12.2 Å². The first-order chi connectivity index (χ1) is 9.94. The first-order valence-corrected chi connectivity index (χ1v) is 7.77. The molecule has 2 atom stereocenters. The number of hydrogen-bond acceptors (Lipinski definition) is 3. The monoisotopic (exact) mass is 290 g/mol. The van der Waals surface area contributed by atoms with E-state index in [9.17, 15) is 4.79 Å². The van der Waals surface area contributed by atoms with Crippen LogP contribution in [-0.4, -0.2) is 30.2 Å². The van der Waals surface area contributed by atoms with Crippen LogP contribution < -0.4 is 10.6 Å². The highest BCUT2D eigenvalue weighted by Gasteiger charge is 2.24. The van der Waals surface area contributed by atoms with Gasteiger partial charge in [0.15, 0.2) is 0 Å². The molecule has 116 valence electrons. The predicted molar refractivity (Wildman–Crippen MR) is 85.7 cm³/mol. The highest BCUT2D eigenvalue weighted by atomic mass is 16.5. The fraction of sp³-hybridized carbons (Fsp3) is 0.588. The molecular formula is C17H26N2O2. The third-order valence-electron chi connectivity index (χ3n) is 3.61. The molecule has 4 nitrogen and oxygen atoms in total. The lowest BCUT2D eigenvalue weighted by Crippen LogP contribution is -2.37. The lowest BCUT2D eigenvalue weighted by molar-refractivity contribution is -0.0337. The number of ether oxygens (including phenoxy) is 1. The Kier molecular flexibility index (Phi) is 5.23. The van der Waals surface area contributed by atoms with Crippen LogP contribution in [0.5, 0.6) is 0 Å². The Morgan fingerprint density at radius 2 is 1.90 bits per heavy atom. The van der Waals surface area contributed by atoms with E-state index in [1.165, 1.54) is 0 Å². The molecule has 1 heterocycles. The van der Waals surface area contributed by atoms with Crippen molar-refractivity contribution in [1.29, 1.82) is 0 Å². The van der Waals surface area contributed by atoms with Crippen LogP contribution in [0.15, 0.2) is 24.3 Å². The summed E-state index contributed by atoms with van der Waals surface area (Å²) in [4.78, 5) is 12.0. The second kappa shape index (κ2) is 6.94. The minimum absolute atomic E-state index is 0.0256. The van der Waals surface area contributed by atoms with E-state index < -0.39 is 0 Å². The summed E-state index contributed by atoms with van der Waals surface area (Å²) in [5.74, 6) is -0.0256. The maximum atomic E-state index is 12.0. The fourth-order valence-corrected chi connectivity index (χ4v) is 2.85. The quantitative estimate of drug-likeness (QED) is 0.895. The average molecular weight is 290 g/mol. The molecule has 0 aliphatic carbocycles. The zero-order valence-electron chi connectivity index (χ0n) is 13.3. The molecule has 2 unspecified atom stereocenters. The summed E-state index contributed by atoms with van der Waals surface area (Å²) in [7, 11) is 0. The summed E-state index contributed by atoms with van der Waals surface area (Å²) in [5, 5.41) is 6.45. The molecule has 0 saturated carbocycles. The van der Waals surface area contributed by atoms with Gasteiger partial charge < -0.3 is 15.4 Å². The Morgan fingerprint density at radius 3 is 2.52 bits per heavy atom. The molecule has 0 radical (unpaired) electrons. The van der Waals surface area contributed by atoms with Crippen molar-refractivity contribution in [2.75, 3.05) is 5.32 Å². The normalized spacial score (nSPS) is 25.7.